The van der Waals surface area contributed by atoms with Crippen LogP contribution in [0.3, 0.4) is 0 Å². The number of hydrogen-bond donors (Lipinski definition) is 0. The monoisotopic (exact) mass is 592 g/mol. The molecule has 0 fully saturated rings. The fraction of sp³-hybridized carbons (Fsp3) is 0.568. The summed E-state index contributed by atoms with van der Waals surface area (Å²) in [5.41, 5.74) is 1.17. The van der Waals surface area contributed by atoms with Crippen molar-refractivity contribution in [1.29, 1.82) is 0 Å². The standard InChI is InChI=1S/C37H52O6/c1-10-27(42-33(38)19-24(4)5)22-40-35-29-15-13-14-16-30(29)36(41-23-28(11-2)43-34(39)20-25(6)7)32-21-26(17-18-31(32)35)37(8,9)12-3/h13-18,21,24-25,27-28H,10-12,19-20,22-23H2,1-9H3. The molecule has 236 valence electrons. The zero-order valence-electron chi connectivity index (χ0n) is 27.8. The van der Waals surface area contributed by atoms with Gasteiger partial charge in [0.1, 0.15) is 36.9 Å². The van der Waals surface area contributed by atoms with E-state index in [1.165, 1.54) is 5.56 Å². The summed E-state index contributed by atoms with van der Waals surface area (Å²) in [5, 5.41) is 3.71. The lowest BCUT2D eigenvalue weighted by atomic mass is 9.81. The molecule has 0 radical (unpaired) electrons. The molecule has 3 rings (SSSR count). The minimum atomic E-state index is -0.350. The lowest BCUT2D eigenvalue weighted by Crippen LogP contribution is -2.25. The van der Waals surface area contributed by atoms with Gasteiger partial charge in [0.2, 0.25) is 0 Å². The van der Waals surface area contributed by atoms with Gasteiger partial charge < -0.3 is 18.9 Å². The van der Waals surface area contributed by atoms with Crippen molar-refractivity contribution in [3.63, 3.8) is 0 Å². The average Bonchev–Trinajstić information content (AvgIpc) is 2.96. The molecule has 0 saturated heterocycles. The Kier molecular flexibility index (Phi) is 12.3. The van der Waals surface area contributed by atoms with Gasteiger partial charge in [-0.25, -0.2) is 0 Å². The summed E-state index contributed by atoms with van der Waals surface area (Å²) in [7, 11) is 0. The minimum Gasteiger partial charge on any atom is -0.488 e. The Morgan fingerprint density at radius 3 is 1.53 bits per heavy atom. The molecule has 2 unspecified atom stereocenters. The molecule has 0 saturated carbocycles. The lowest BCUT2D eigenvalue weighted by molar-refractivity contribution is -0.152. The van der Waals surface area contributed by atoms with Crippen LogP contribution in [0, 0.1) is 11.8 Å². The zero-order chi connectivity index (χ0) is 31.7. The van der Waals surface area contributed by atoms with E-state index in [1.807, 2.05) is 65.8 Å². The minimum absolute atomic E-state index is 0.0334. The van der Waals surface area contributed by atoms with Crippen molar-refractivity contribution in [2.45, 2.75) is 112 Å². The second-order valence-electron chi connectivity index (χ2n) is 13.1. The van der Waals surface area contributed by atoms with Gasteiger partial charge in [0.25, 0.3) is 0 Å². The van der Waals surface area contributed by atoms with E-state index in [9.17, 15) is 9.59 Å². The smallest absolute Gasteiger partial charge is 0.306 e. The Labute approximate surface area is 258 Å². The molecule has 0 aliphatic carbocycles. The van der Waals surface area contributed by atoms with Crippen molar-refractivity contribution in [3.8, 4) is 11.5 Å². The molecule has 0 amide bonds. The fourth-order valence-corrected chi connectivity index (χ4v) is 4.99. The molecule has 0 bridgehead atoms. The van der Waals surface area contributed by atoms with Crippen LogP contribution in [0.4, 0.5) is 0 Å². The van der Waals surface area contributed by atoms with E-state index in [0.717, 1.165) is 39.5 Å². The average molecular weight is 593 g/mol. The van der Waals surface area contributed by atoms with E-state index < -0.39 is 0 Å². The highest BCUT2D eigenvalue weighted by Gasteiger charge is 2.24. The van der Waals surface area contributed by atoms with Gasteiger partial charge >= 0.3 is 11.9 Å². The van der Waals surface area contributed by atoms with E-state index in [0.29, 0.717) is 25.7 Å². The van der Waals surface area contributed by atoms with Crippen LogP contribution in [0.5, 0.6) is 11.5 Å². The van der Waals surface area contributed by atoms with Crippen LogP contribution in [0.25, 0.3) is 21.5 Å². The van der Waals surface area contributed by atoms with E-state index in [4.69, 9.17) is 18.9 Å². The van der Waals surface area contributed by atoms with Crippen LogP contribution in [0.15, 0.2) is 42.5 Å². The third-order valence-electron chi connectivity index (χ3n) is 8.07. The third-order valence-corrected chi connectivity index (χ3v) is 8.07. The second kappa shape index (κ2) is 15.4. The molecule has 0 spiro atoms. The number of ether oxygens (including phenoxy) is 4. The maximum Gasteiger partial charge on any atom is 0.306 e. The highest BCUT2D eigenvalue weighted by atomic mass is 16.6. The molecular formula is C37H52O6. The topological polar surface area (TPSA) is 71.1 Å². The normalized spacial score (nSPS) is 13.4. The Morgan fingerprint density at radius 1 is 0.674 bits per heavy atom. The predicted octanol–water partition coefficient (Wildman–Crippen LogP) is 9.17. The maximum atomic E-state index is 12.4. The van der Waals surface area contributed by atoms with Gasteiger partial charge in [-0.2, -0.15) is 0 Å². The molecule has 0 aliphatic heterocycles. The Bertz CT molecular complexity index is 1370. The number of hydrogen-bond acceptors (Lipinski definition) is 6. The Morgan fingerprint density at radius 2 is 1.12 bits per heavy atom. The van der Waals surface area contributed by atoms with Crippen molar-refractivity contribution in [3.05, 3.63) is 48.0 Å². The van der Waals surface area contributed by atoms with E-state index in [2.05, 4.69) is 39.0 Å². The molecule has 6 heteroatoms. The first-order chi connectivity index (χ1) is 20.4. The quantitative estimate of drug-likeness (QED) is 0.122. The second-order valence-corrected chi connectivity index (χ2v) is 13.1. The van der Waals surface area contributed by atoms with Gasteiger partial charge in [-0.15, -0.1) is 0 Å². The lowest BCUT2D eigenvalue weighted by Gasteiger charge is -2.26. The van der Waals surface area contributed by atoms with Crippen LogP contribution >= 0.6 is 0 Å². The molecule has 43 heavy (non-hydrogen) atoms. The highest BCUT2D eigenvalue weighted by molar-refractivity contribution is 6.11. The third kappa shape index (κ3) is 9.11. The van der Waals surface area contributed by atoms with Crippen molar-refractivity contribution >= 4 is 33.5 Å². The number of esters is 2. The summed E-state index contributed by atoms with van der Waals surface area (Å²) in [6, 6.07) is 14.5. The molecular weight excluding hydrogens is 540 g/mol. The first-order valence-corrected chi connectivity index (χ1v) is 16.0. The number of rotatable bonds is 16. The number of fused-ring (bicyclic) bond motifs is 2. The number of carbonyl (C=O) groups excluding carboxylic acids is 2. The van der Waals surface area contributed by atoms with Crippen LogP contribution < -0.4 is 9.47 Å². The summed E-state index contributed by atoms with van der Waals surface area (Å²) < 4.78 is 24.7. The molecule has 0 heterocycles. The SMILES string of the molecule is CCC(COc1c2ccccc2c(OCC(CC)OC(=O)CC(C)C)c2cc(C(C)(C)CC)ccc12)OC(=O)CC(C)C. The molecule has 3 aromatic carbocycles. The predicted molar refractivity (Wildman–Crippen MR) is 175 cm³/mol. The van der Waals surface area contributed by atoms with Gasteiger partial charge in [0.15, 0.2) is 0 Å². The Hall–Kier alpha value is -3.28. The van der Waals surface area contributed by atoms with Crippen LogP contribution in [-0.4, -0.2) is 37.4 Å². The van der Waals surface area contributed by atoms with Crippen LogP contribution in [0.2, 0.25) is 0 Å². The van der Waals surface area contributed by atoms with Gasteiger partial charge in [0.05, 0.1) is 0 Å². The van der Waals surface area contributed by atoms with Gasteiger partial charge in [-0.3, -0.25) is 9.59 Å². The molecule has 6 nitrogen and oxygen atoms in total. The molecule has 2 atom stereocenters. The summed E-state index contributed by atoms with van der Waals surface area (Å²) >= 11 is 0. The number of benzene rings is 3. The fourth-order valence-electron chi connectivity index (χ4n) is 4.99. The van der Waals surface area contributed by atoms with E-state index in [1.54, 1.807) is 0 Å². The van der Waals surface area contributed by atoms with Crippen molar-refractivity contribution in [1.82, 2.24) is 0 Å². The number of carbonyl (C=O) groups is 2. The van der Waals surface area contributed by atoms with Gasteiger partial charge in [0, 0.05) is 34.4 Å². The summed E-state index contributed by atoms with van der Waals surface area (Å²) in [6.45, 7) is 19.2. The molecule has 0 N–H and O–H groups in total. The zero-order valence-corrected chi connectivity index (χ0v) is 27.8. The van der Waals surface area contributed by atoms with Crippen molar-refractivity contribution < 1.29 is 28.5 Å². The summed E-state index contributed by atoms with van der Waals surface area (Å²) in [6.07, 6.45) is 2.37. The Balaban J connectivity index is 2.07. The molecule has 0 aromatic heterocycles. The molecule has 0 aliphatic rings. The van der Waals surface area contributed by atoms with E-state index in [-0.39, 0.29) is 54.6 Å². The highest BCUT2D eigenvalue weighted by Crippen LogP contribution is 2.44. The summed E-state index contributed by atoms with van der Waals surface area (Å²) in [5.74, 6) is 1.56. The van der Waals surface area contributed by atoms with E-state index >= 15 is 0 Å². The van der Waals surface area contributed by atoms with Crippen molar-refractivity contribution in [2.75, 3.05) is 13.2 Å². The van der Waals surface area contributed by atoms with Gasteiger partial charge in [-0.05, 0) is 48.1 Å². The largest absolute Gasteiger partial charge is 0.488 e. The van der Waals surface area contributed by atoms with Crippen molar-refractivity contribution in [2.24, 2.45) is 11.8 Å². The van der Waals surface area contributed by atoms with Crippen LogP contribution in [0.1, 0.15) is 100.0 Å². The van der Waals surface area contributed by atoms with Crippen LogP contribution in [-0.2, 0) is 24.5 Å². The first-order valence-electron chi connectivity index (χ1n) is 16.0. The molecule has 3 aromatic rings. The first kappa shape index (κ1) is 34.2. The van der Waals surface area contributed by atoms with Gasteiger partial charge in [-0.1, -0.05) is 98.7 Å². The summed E-state index contributed by atoms with van der Waals surface area (Å²) in [4.78, 5) is 24.8. The maximum absolute atomic E-state index is 12.4.